The number of ether oxygens (including phenoxy) is 1. The highest BCUT2D eigenvalue weighted by Crippen LogP contribution is 2.25. The number of anilines is 1. The molecular weight excluding hydrogens is 238 g/mol. The van der Waals surface area contributed by atoms with Crippen LogP contribution in [-0.2, 0) is 0 Å². The molecule has 0 atom stereocenters. The van der Waals surface area contributed by atoms with Crippen LogP contribution in [0, 0.1) is 0 Å². The van der Waals surface area contributed by atoms with Gasteiger partial charge in [-0.15, -0.1) is 0 Å². The minimum absolute atomic E-state index is 0.756. The maximum Gasteiger partial charge on any atom is 0.133 e. The van der Waals surface area contributed by atoms with Gasteiger partial charge in [0.15, 0.2) is 0 Å². The molecular formula is C15H19N3O. The zero-order chi connectivity index (χ0) is 13.1. The second-order valence-electron chi connectivity index (χ2n) is 4.90. The first-order chi connectivity index (χ1) is 9.36. The van der Waals surface area contributed by atoms with Crippen LogP contribution in [0.15, 0.2) is 30.5 Å². The molecule has 1 fully saturated rings. The van der Waals surface area contributed by atoms with Crippen molar-refractivity contribution >= 4 is 16.6 Å². The third kappa shape index (κ3) is 2.96. The van der Waals surface area contributed by atoms with Crippen molar-refractivity contribution in [3.05, 3.63) is 30.5 Å². The third-order valence-corrected chi connectivity index (χ3v) is 3.40. The van der Waals surface area contributed by atoms with Crippen molar-refractivity contribution in [2.45, 2.75) is 18.9 Å². The Kier molecular flexibility index (Phi) is 3.51. The van der Waals surface area contributed by atoms with Gasteiger partial charge in [-0.3, -0.25) is 0 Å². The molecule has 1 heterocycles. The molecule has 0 spiro atoms. The number of nitrogens with one attached hydrogen (secondary N) is 2. The Morgan fingerprint density at radius 3 is 2.95 bits per heavy atom. The molecule has 0 amide bonds. The summed E-state index contributed by atoms with van der Waals surface area (Å²) in [6.45, 7) is 1.88. The molecule has 0 aliphatic heterocycles. The normalized spacial score (nSPS) is 14.6. The van der Waals surface area contributed by atoms with E-state index in [9.17, 15) is 0 Å². The van der Waals surface area contributed by atoms with Crippen molar-refractivity contribution in [2.24, 2.45) is 0 Å². The Bertz CT molecular complexity index is 566. The molecule has 2 N–H and O–H groups in total. The van der Waals surface area contributed by atoms with Crippen LogP contribution in [0.1, 0.15) is 12.8 Å². The molecule has 1 aliphatic carbocycles. The highest BCUT2D eigenvalue weighted by molar-refractivity contribution is 5.92. The van der Waals surface area contributed by atoms with Crippen molar-refractivity contribution in [3.8, 4) is 5.75 Å². The predicted octanol–water partition coefficient (Wildman–Crippen LogP) is 2.41. The Balaban J connectivity index is 1.70. The number of hydrogen-bond donors (Lipinski definition) is 2. The van der Waals surface area contributed by atoms with Crippen LogP contribution in [0.25, 0.3) is 10.8 Å². The van der Waals surface area contributed by atoms with Crippen LogP contribution in [0.4, 0.5) is 5.82 Å². The van der Waals surface area contributed by atoms with Crippen LogP contribution in [-0.4, -0.2) is 31.2 Å². The summed E-state index contributed by atoms with van der Waals surface area (Å²) in [6, 6.07) is 8.82. The zero-order valence-corrected chi connectivity index (χ0v) is 11.1. The van der Waals surface area contributed by atoms with Gasteiger partial charge in [-0.2, -0.15) is 0 Å². The molecule has 3 rings (SSSR count). The minimum Gasteiger partial charge on any atom is -0.497 e. The van der Waals surface area contributed by atoms with Crippen molar-refractivity contribution in [1.29, 1.82) is 0 Å². The smallest absolute Gasteiger partial charge is 0.133 e. The fraction of sp³-hybridized carbons (Fsp3) is 0.400. The fourth-order valence-corrected chi connectivity index (χ4v) is 2.17. The summed E-state index contributed by atoms with van der Waals surface area (Å²) in [5.74, 6) is 1.82. The number of rotatable bonds is 6. The van der Waals surface area contributed by atoms with Gasteiger partial charge in [0.05, 0.1) is 7.11 Å². The second-order valence-corrected chi connectivity index (χ2v) is 4.90. The number of hydrogen-bond acceptors (Lipinski definition) is 4. The van der Waals surface area contributed by atoms with E-state index in [1.165, 1.54) is 12.8 Å². The van der Waals surface area contributed by atoms with Crippen LogP contribution < -0.4 is 15.4 Å². The maximum absolute atomic E-state index is 5.24. The van der Waals surface area contributed by atoms with Gasteiger partial charge in [0, 0.05) is 30.7 Å². The van der Waals surface area contributed by atoms with Gasteiger partial charge in [-0.25, -0.2) is 4.98 Å². The molecule has 1 saturated carbocycles. The highest BCUT2D eigenvalue weighted by atomic mass is 16.5. The molecule has 0 radical (unpaired) electrons. The first-order valence-corrected chi connectivity index (χ1v) is 6.77. The van der Waals surface area contributed by atoms with E-state index in [0.717, 1.165) is 41.5 Å². The van der Waals surface area contributed by atoms with E-state index < -0.39 is 0 Å². The summed E-state index contributed by atoms with van der Waals surface area (Å²) in [5, 5.41) is 9.16. The molecule has 0 saturated heterocycles. The van der Waals surface area contributed by atoms with Gasteiger partial charge in [0.1, 0.15) is 11.6 Å². The number of benzene rings is 1. The molecule has 100 valence electrons. The number of pyridine rings is 1. The second kappa shape index (κ2) is 5.45. The summed E-state index contributed by atoms with van der Waals surface area (Å²) in [7, 11) is 1.69. The predicted molar refractivity (Wildman–Crippen MR) is 77.8 cm³/mol. The Labute approximate surface area is 113 Å². The molecule has 1 aliphatic rings. The molecule has 1 aromatic carbocycles. The number of fused-ring (bicyclic) bond motifs is 1. The molecule has 2 aromatic rings. The summed E-state index contributed by atoms with van der Waals surface area (Å²) in [4.78, 5) is 4.41. The Morgan fingerprint density at radius 2 is 2.16 bits per heavy atom. The van der Waals surface area contributed by atoms with E-state index >= 15 is 0 Å². The van der Waals surface area contributed by atoms with Crippen LogP contribution in [0.2, 0.25) is 0 Å². The average molecular weight is 257 g/mol. The van der Waals surface area contributed by atoms with E-state index in [-0.39, 0.29) is 0 Å². The Hall–Kier alpha value is -1.81. The molecule has 4 nitrogen and oxygen atoms in total. The van der Waals surface area contributed by atoms with Gasteiger partial charge in [0.25, 0.3) is 0 Å². The highest BCUT2D eigenvalue weighted by Gasteiger charge is 2.19. The van der Waals surface area contributed by atoms with E-state index in [1.807, 2.05) is 24.4 Å². The van der Waals surface area contributed by atoms with Gasteiger partial charge in [-0.05, 0) is 42.5 Å². The topological polar surface area (TPSA) is 46.2 Å². The number of aromatic nitrogens is 1. The van der Waals surface area contributed by atoms with E-state index in [4.69, 9.17) is 4.74 Å². The lowest BCUT2D eigenvalue weighted by molar-refractivity contribution is 0.415. The lowest BCUT2D eigenvalue weighted by atomic mass is 10.1. The lowest BCUT2D eigenvalue weighted by Gasteiger charge is -2.10. The van der Waals surface area contributed by atoms with Crippen molar-refractivity contribution in [1.82, 2.24) is 10.3 Å². The van der Waals surface area contributed by atoms with Gasteiger partial charge < -0.3 is 15.4 Å². The maximum atomic E-state index is 5.24. The fourth-order valence-electron chi connectivity index (χ4n) is 2.17. The third-order valence-electron chi connectivity index (χ3n) is 3.40. The molecule has 0 bridgehead atoms. The molecule has 4 heteroatoms. The van der Waals surface area contributed by atoms with Crippen molar-refractivity contribution in [3.63, 3.8) is 0 Å². The summed E-state index contributed by atoms with van der Waals surface area (Å²) in [5.41, 5.74) is 0. The Morgan fingerprint density at radius 1 is 1.26 bits per heavy atom. The van der Waals surface area contributed by atoms with Gasteiger partial charge in [-0.1, -0.05) is 0 Å². The summed E-state index contributed by atoms with van der Waals surface area (Å²) < 4.78 is 5.24. The summed E-state index contributed by atoms with van der Waals surface area (Å²) in [6.07, 6.45) is 4.48. The number of methoxy groups -OCH3 is 1. The van der Waals surface area contributed by atoms with E-state index in [0.29, 0.717) is 0 Å². The largest absolute Gasteiger partial charge is 0.497 e. The van der Waals surface area contributed by atoms with E-state index in [2.05, 4.69) is 21.7 Å². The first-order valence-electron chi connectivity index (χ1n) is 6.77. The summed E-state index contributed by atoms with van der Waals surface area (Å²) >= 11 is 0. The SMILES string of the molecule is COc1ccc2c(NCCNC3CC3)nccc2c1. The van der Waals surface area contributed by atoms with Crippen LogP contribution in [0.3, 0.4) is 0 Å². The standard InChI is InChI=1S/C15H19N3O/c1-19-13-4-5-14-11(10-13)6-7-17-15(14)18-9-8-16-12-2-3-12/h4-7,10,12,16H,2-3,8-9H2,1H3,(H,17,18). The van der Waals surface area contributed by atoms with Gasteiger partial charge >= 0.3 is 0 Å². The average Bonchev–Trinajstić information content (AvgIpc) is 3.27. The monoisotopic (exact) mass is 257 g/mol. The number of nitrogens with zero attached hydrogens (tertiary/aromatic N) is 1. The first kappa shape index (κ1) is 12.2. The van der Waals surface area contributed by atoms with Crippen LogP contribution >= 0.6 is 0 Å². The van der Waals surface area contributed by atoms with E-state index in [1.54, 1.807) is 7.11 Å². The zero-order valence-electron chi connectivity index (χ0n) is 11.1. The van der Waals surface area contributed by atoms with Crippen molar-refractivity contribution < 1.29 is 4.74 Å². The minimum atomic E-state index is 0.756. The lowest BCUT2D eigenvalue weighted by Crippen LogP contribution is -2.24. The molecule has 19 heavy (non-hydrogen) atoms. The van der Waals surface area contributed by atoms with Crippen molar-refractivity contribution in [2.75, 3.05) is 25.5 Å². The van der Waals surface area contributed by atoms with Gasteiger partial charge in [0.2, 0.25) is 0 Å². The quantitative estimate of drug-likeness (QED) is 0.780. The molecule has 1 aromatic heterocycles. The van der Waals surface area contributed by atoms with Crippen LogP contribution in [0.5, 0.6) is 5.75 Å². The molecule has 0 unspecified atom stereocenters.